The molecular formula is C23H21ClF2N4O3. The van der Waals surface area contributed by atoms with Crippen molar-refractivity contribution in [1.82, 2.24) is 19.9 Å². The van der Waals surface area contributed by atoms with Crippen LogP contribution in [-0.2, 0) is 11.2 Å². The van der Waals surface area contributed by atoms with Gasteiger partial charge in [0.05, 0.1) is 10.6 Å². The average molecular weight is 475 g/mol. The standard InChI is InChI=1S/C23H21ClF2N4O3/c1-14-12-15(2-5-19(14)26)22-27-20(33-28-22)6-7-21(31)29-8-10-30(11-9-29)23(32)17-4-3-16(25)13-18(17)24/h2-5,12-13H,6-11H2,1H3. The maximum Gasteiger partial charge on any atom is 0.255 e. The summed E-state index contributed by atoms with van der Waals surface area (Å²) in [7, 11) is 0. The molecule has 10 heteroatoms. The Bertz CT molecular complexity index is 1190. The van der Waals surface area contributed by atoms with Crippen molar-refractivity contribution in [3.05, 3.63) is 70.1 Å². The van der Waals surface area contributed by atoms with Crippen LogP contribution < -0.4 is 0 Å². The van der Waals surface area contributed by atoms with Crippen molar-refractivity contribution in [2.24, 2.45) is 0 Å². The van der Waals surface area contributed by atoms with E-state index < -0.39 is 5.82 Å². The van der Waals surface area contributed by atoms with Gasteiger partial charge in [-0.1, -0.05) is 16.8 Å². The highest BCUT2D eigenvalue weighted by Gasteiger charge is 2.26. The molecule has 0 N–H and O–H groups in total. The van der Waals surface area contributed by atoms with Crippen molar-refractivity contribution in [3.63, 3.8) is 0 Å². The molecule has 1 saturated heterocycles. The van der Waals surface area contributed by atoms with Gasteiger partial charge in [-0.3, -0.25) is 9.59 Å². The van der Waals surface area contributed by atoms with Gasteiger partial charge >= 0.3 is 0 Å². The SMILES string of the molecule is Cc1cc(-c2noc(CCC(=O)N3CCN(C(=O)c4ccc(F)cc4Cl)CC3)n2)ccc1F. The fourth-order valence-corrected chi connectivity index (χ4v) is 3.87. The molecule has 0 bridgehead atoms. The maximum atomic E-state index is 13.4. The number of nitrogens with zero attached hydrogens (tertiary/aromatic N) is 4. The van der Waals surface area contributed by atoms with Crippen LogP contribution >= 0.6 is 11.6 Å². The molecular weight excluding hydrogens is 454 g/mol. The van der Waals surface area contributed by atoms with E-state index in [-0.39, 0.29) is 41.1 Å². The molecule has 7 nitrogen and oxygen atoms in total. The summed E-state index contributed by atoms with van der Waals surface area (Å²) in [6.07, 6.45) is 0.457. The van der Waals surface area contributed by atoms with E-state index in [0.29, 0.717) is 49.0 Å². The first-order chi connectivity index (χ1) is 15.8. The van der Waals surface area contributed by atoms with Gasteiger partial charge in [0, 0.05) is 44.6 Å². The summed E-state index contributed by atoms with van der Waals surface area (Å²) in [6, 6.07) is 8.22. The molecule has 0 saturated carbocycles. The Labute approximate surface area is 193 Å². The molecule has 0 unspecified atom stereocenters. The molecule has 172 valence electrons. The number of benzene rings is 2. The second-order valence-electron chi connectivity index (χ2n) is 7.77. The summed E-state index contributed by atoms with van der Waals surface area (Å²) in [5, 5.41) is 3.97. The summed E-state index contributed by atoms with van der Waals surface area (Å²) in [6.45, 7) is 3.13. The maximum absolute atomic E-state index is 13.4. The Kier molecular flexibility index (Phi) is 6.69. The van der Waals surface area contributed by atoms with Crippen molar-refractivity contribution < 1.29 is 22.9 Å². The Balaban J connectivity index is 1.29. The zero-order valence-electron chi connectivity index (χ0n) is 17.9. The van der Waals surface area contributed by atoms with E-state index in [4.69, 9.17) is 16.1 Å². The largest absolute Gasteiger partial charge is 0.339 e. The molecule has 0 atom stereocenters. The molecule has 33 heavy (non-hydrogen) atoms. The number of carbonyl (C=O) groups is 2. The predicted octanol–water partition coefficient (Wildman–Crippen LogP) is 3.89. The quantitative estimate of drug-likeness (QED) is 0.560. The summed E-state index contributed by atoms with van der Waals surface area (Å²) < 4.78 is 31.9. The van der Waals surface area contributed by atoms with Crippen LogP contribution in [0.3, 0.4) is 0 Å². The number of hydrogen-bond donors (Lipinski definition) is 0. The lowest BCUT2D eigenvalue weighted by atomic mass is 10.1. The van der Waals surface area contributed by atoms with Crippen molar-refractivity contribution in [2.45, 2.75) is 19.8 Å². The molecule has 1 aliphatic rings. The van der Waals surface area contributed by atoms with E-state index in [0.717, 1.165) is 6.07 Å². The third-order valence-corrected chi connectivity index (χ3v) is 5.83. The van der Waals surface area contributed by atoms with Gasteiger partial charge in [0.25, 0.3) is 5.91 Å². The molecule has 2 aromatic carbocycles. The van der Waals surface area contributed by atoms with Crippen LogP contribution in [0.5, 0.6) is 0 Å². The van der Waals surface area contributed by atoms with Crippen LogP contribution in [0.25, 0.3) is 11.4 Å². The van der Waals surface area contributed by atoms with Crippen LogP contribution in [0, 0.1) is 18.6 Å². The Morgan fingerprint density at radius 1 is 1.06 bits per heavy atom. The molecule has 4 rings (SSSR count). The first kappa shape index (κ1) is 22.8. The molecule has 3 aromatic rings. The van der Waals surface area contributed by atoms with Crippen LogP contribution in [0.2, 0.25) is 5.02 Å². The number of aryl methyl sites for hydroxylation is 2. The number of aromatic nitrogens is 2. The van der Waals surface area contributed by atoms with Gasteiger partial charge in [-0.05, 0) is 48.9 Å². The fourth-order valence-electron chi connectivity index (χ4n) is 3.62. The second-order valence-corrected chi connectivity index (χ2v) is 8.18. The molecule has 1 fully saturated rings. The lowest BCUT2D eigenvalue weighted by Gasteiger charge is -2.35. The normalized spacial score (nSPS) is 13.9. The number of rotatable bonds is 5. The molecule has 0 radical (unpaired) electrons. The van der Waals surface area contributed by atoms with Gasteiger partial charge in [-0.25, -0.2) is 8.78 Å². The van der Waals surface area contributed by atoms with Crippen molar-refractivity contribution in [3.8, 4) is 11.4 Å². The van der Waals surface area contributed by atoms with Gasteiger partial charge in [-0.2, -0.15) is 4.98 Å². The molecule has 1 aromatic heterocycles. The topological polar surface area (TPSA) is 79.5 Å². The van der Waals surface area contributed by atoms with Crippen molar-refractivity contribution in [1.29, 1.82) is 0 Å². The van der Waals surface area contributed by atoms with Gasteiger partial charge in [-0.15, -0.1) is 0 Å². The first-order valence-corrected chi connectivity index (χ1v) is 10.8. The van der Waals surface area contributed by atoms with Gasteiger partial charge < -0.3 is 14.3 Å². The van der Waals surface area contributed by atoms with Crippen LogP contribution in [0.4, 0.5) is 8.78 Å². The Hall–Kier alpha value is -3.33. The zero-order valence-corrected chi connectivity index (χ0v) is 18.6. The van der Waals surface area contributed by atoms with Crippen molar-refractivity contribution in [2.75, 3.05) is 26.2 Å². The molecule has 1 aliphatic heterocycles. The van der Waals surface area contributed by atoms with E-state index in [1.807, 2.05) is 0 Å². The number of carbonyl (C=O) groups excluding carboxylic acids is 2. The summed E-state index contributed by atoms with van der Waals surface area (Å²) in [5.74, 6) is -0.531. The van der Waals surface area contributed by atoms with E-state index in [1.54, 1.807) is 28.9 Å². The molecule has 0 aliphatic carbocycles. The predicted molar refractivity (Wildman–Crippen MR) is 117 cm³/mol. The van der Waals surface area contributed by atoms with Crippen LogP contribution in [0.15, 0.2) is 40.9 Å². The summed E-state index contributed by atoms with van der Waals surface area (Å²) >= 11 is 5.99. The molecule has 2 heterocycles. The summed E-state index contributed by atoms with van der Waals surface area (Å²) in [5.41, 5.74) is 1.35. The van der Waals surface area contributed by atoms with Gasteiger partial charge in [0.15, 0.2) is 0 Å². The number of amides is 2. The molecule has 2 amide bonds. The lowest BCUT2D eigenvalue weighted by Crippen LogP contribution is -2.50. The van der Waals surface area contributed by atoms with Gasteiger partial charge in [0.1, 0.15) is 11.6 Å². The lowest BCUT2D eigenvalue weighted by molar-refractivity contribution is -0.132. The average Bonchev–Trinajstić information content (AvgIpc) is 3.28. The highest BCUT2D eigenvalue weighted by molar-refractivity contribution is 6.33. The van der Waals surface area contributed by atoms with E-state index in [1.165, 1.54) is 18.2 Å². The minimum Gasteiger partial charge on any atom is -0.339 e. The Morgan fingerprint density at radius 3 is 2.48 bits per heavy atom. The van der Waals surface area contributed by atoms with Crippen LogP contribution in [0.1, 0.15) is 28.2 Å². The Morgan fingerprint density at radius 2 is 1.79 bits per heavy atom. The second kappa shape index (κ2) is 9.66. The molecule has 0 spiro atoms. The van der Waals surface area contributed by atoms with E-state index in [2.05, 4.69) is 10.1 Å². The minimum absolute atomic E-state index is 0.0632. The first-order valence-electron chi connectivity index (χ1n) is 10.4. The van der Waals surface area contributed by atoms with Crippen molar-refractivity contribution >= 4 is 23.4 Å². The van der Waals surface area contributed by atoms with Gasteiger partial charge in [0.2, 0.25) is 17.6 Å². The smallest absolute Gasteiger partial charge is 0.255 e. The highest BCUT2D eigenvalue weighted by atomic mass is 35.5. The fraction of sp³-hybridized carbons (Fsp3) is 0.304. The van der Waals surface area contributed by atoms with Crippen LogP contribution in [-0.4, -0.2) is 57.9 Å². The third-order valence-electron chi connectivity index (χ3n) is 5.52. The minimum atomic E-state index is -0.506. The third kappa shape index (κ3) is 5.19. The number of hydrogen-bond acceptors (Lipinski definition) is 5. The number of piperazine rings is 1. The summed E-state index contributed by atoms with van der Waals surface area (Å²) in [4.78, 5) is 32.8. The van der Waals surface area contributed by atoms with E-state index in [9.17, 15) is 18.4 Å². The number of halogens is 3. The monoisotopic (exact) mass is 474 g/mol. The zero-order chi connectivity index (χ0) is 23.5. The van der Waals surface area contributed by atoms with E-state index >= 15 is 0 Å². The highest BCUT2D eigenvalue weighted by Crippen LogP contribution is 2.21.